The van der Waals surface area contributed by atoms with Gasteiger partial charge in [-0.15, -0.1) is 0 Å². The van der Waals surface area contributed by atoms with E-state index in [9.17, 15) is 14.4 Å². The Labute approximate surface area is 192 Å². The molecule has 0 atom stereocenters. The number of hydrogen-bond acceptors (Lipinski definition) is 4. The van der Waals surface area contributed by atoms with Crippen molar-refractivity contribution >= 4 is 35.0 Å². The second-order valence-electron chi connectivity index (χ2n) is 8.28. The van der Waals surface area contributed by atoms with E-state index in [4.69, 9.17) is 11.6 Å². The van der Waals surface area contributed by atoms with Crippen molar-refractivity contribution in [3.8, 4) is 0 Å². The van der Waals surface area contributed by atoms with E-state index in [-0.39, 0.29) is 22.7 Å². The third-order valence-corrected chi connectivity index (χ3v) is 6.40. The van der Waals surface area contributed by atoms with Crippen molar-refractivity contribution in [2.24, 2.45) is 0 Å². The van der Waals surface area contributed by atoms with Crippen LogP contribution in [0, 0.1) is 6.92 Å². The quantitative estimate of drug-likeness (QED) is 0.634. The number of carbonyl (C=O) groups excluding carboxylic acids is 3. The molecule has 1 saturated carbocycles. The molecule has 1 aliphatic carbocycles. The SMILES string of the molecule is Cc1ccc(C(=O)NCc2ccccc2)cc1NC1=C(Cl)C(=O)N(C2CCCCC2)C1=O. The third kappa shape index (κ3) is 4.55. The van der Waals surface area contributed by atoms with Crippen LogP contribution < -0.4 is 10.6 Å². The van der Waals surface area contributed by atoms with Crippen molar-refractivity contribution in [1.82, 2.24) is 10.2 Å². The Hall–Kier alpha value is -3.12. The van der Waals surface area contributed by atoms with Crippen molar-refractivity contribution in [3.05, 3.63) is 76.0 Å². The minimum absolute atomic E-state index is 0.0761. The summed E-state index contributed by atoms with van der Waals surface area (Å²) >= 11 is 6.29. The Morgan fingerprint density at radius 2 is 1.75 bits per heavy atom. The molecular formula is C25H26ClN3O3. The molecule has 0 aromatic heterocycles. The fourth-order valence-corrected chi connectivity index (χ4v) is 4.43. The topological polar surface area (TPSA) is 78.5 Å². The molecule has 2 aromatic carbocycles. The van der Waals surface area contributed by atoms with Gasteiger partial charge in [0.2, 0.25) is 0 Å². The highest BCUT2D eigenvalue weighted by molar-refractivity contribution is 6.48. The summed E-state index contributed by atoms with van der Waals surface area (Å²) in [5.41, 5.74) is 2.93. The molecule has 0 saturated heterocycles. The maximum atomic E-state index is 13.0. The second-order valence-corrected chi connectivity index (χ2v) is 8.66. The number of nitrogens with one attached hydrogen (secondary N) is 2. The molecule has 0 radical (unpaired) electrons. The smallest absolute Gasteiger partial charge is 0.279 e. The predicted molar refractivity (Wildman–Crippen MR) is 124 cm³/mol. The van der Waals surface area contributed by atoms with Gasteiger partial charge in [0.05, 0.1) is 0 Å². The Morgan fingerprint density at radius 3 is 2.47 bits per heavy atom. The molecule has 166 valence electrons. The summed E-state index contributed by atoms with van der Waals surface area (Å²) < 4.78 is 0. The molecule has 0 bridgehead atoms. The van der Waals surface area contributed by atoms with Gasteiger partial charge >= 0.3 is 0 Å². The Bertz CT molecular complexity index is 1080. The minimum atomic E-state index is -0.444. The maximum Gasteiger partial charge on any atom is 0.279 e. The first-order chi connectivity index (χ1) is 15.5. The van der Waals surface area contributed by atoms with Gasteiger partial charge in [0, 0.05) is 23.8 Å². The molecule has 3 amide bonds. The standard InChI is InChI=1S/C25H26ClN3O3/c1-16-12-13-18(23(30)27-15-17-8-4-2-5-9-17)14-20(16)28-22-21(26)24(31)29(25(22)32)19-10-6-3-7-11-19/h2,4-5,8-9,12-14,19,28H,3,6-7,10-11,15H2,1H3,(H,27,30). The molecule has 0 unspecified atom stereocenters. The monoisotopic (exact) mass is 451 g/mol. The van der Waals surface area contributed by atoms with Gasteiger partial charge in [-0.05, 0) is 43.0 Å². The highest BCUT2D eigenvalue weighted by Gasteiger charge is 2.42. The molecule has 0 spiro atoms. The first-order valence-corrected chi connectivity index (χ1v) is 11.3. The number of halogens is 1. The number of rotatable bonds is 6. The van der Waals surface area contributed by atoms with Crippen molar-refractivity contribution in [1.29, 1.82) is 0 Å². The Balaban J connectivity index is 1.49. The lowest BCUT2D eigenvalue weighted by Crippen LogP contribution is -2.42. The Kier molecular flexibility index (Phi) is 6.61. The van der Waals surface area contributed by atoms with Crippen LogP contribution in [0.15, 0.2) is 59.3 Å². The first kappa shape index (κ1) is 22.1. The van der Waals surface area contributed by atoms with Crippen LogP contribution in [0.1, 0.15) is 53.6 Å². The van der Waals surface area contributed by atoms with Crippen molar-refractivity contribution < 1.29 is 14.4 Å². The van der Waals surface area contributed by atoms with Crippen LogP contribution in [0.4, 0.5) is 5.69 Å². The van der Waals surface area contributed by atoms with Gasteiger partial charge in [-0.2, -0.15) is 0 Å². The molecule has 32 heavy (non-hydrogen) atoms. The fraction of sp³-hybridized carbons (Fsp3) is 0.320. The number of aryl methyl sites for hydroxylation is 1. The van der Waals surface area contributed by atoms with Crippen LogP contribution in [0.2, 0.25) is 0 Å². The number of nitrogens with zero attached hydrogens (tertiary/aromatic N) is 1. The van der Waals surface area contributed by atoms with Gasteiger partial charge in [0.25, 0.3) is 17.7 Å². The maximum absolute atomic E-state index is 13.0. The van der Waals surface area contributed by atoms with Crippen molar-refractivity contribution in [2.45, 2.75) is 51.6 Å². The molecule has 1 aliphatic heterocycles. The molecule has 4 rings (SSSR count). The Morgan fingerprint density at radius 1 is 1.03 bits per heavy atom. The molecule has 7 heteroatoms. The van der Waals surface area contributed by atoms with Crippen LogP contribution in [-0.2, 0) is 16.1 Å². The average molecular weight is 452 g/mol. The number of amides is 3. The summed E-state index contributed by atoms with van der Waals surface area (Å²) in [7, 11) is 0. The van der Waals surface area contributed by atoms with E-state index in [1.807, 2.05) is 37.3 Å². The minimum Gasteiger partial charge on any atom is -0.349 e. The van der Waals surface area contributed by atoms with Crippen LogP contribution >= 0.6 is 11.6 Å². The number of hydrogen-bond donors (Lipinski definition) is 2. The van der Waals surface area contributed by atoms with Crippen molar-refractivity contribution in [3.63, 3.8) is 0 Å². The van der Waals surface area contributed by atoms with E-state index in [2.05, 4.69) is 10.6 Å². The number of imide groups is 1. The molecule has 2 N–H and O–H groups in total. The van der Waals surface area contributed by atoms with E-state index >= 15 is 0 Å². The van der Waals surface area contributed by atoms with E-state index in [0.717, 1.165) is 43.2 Å². The fourth-order valence-electron chi connectivity index (χ4n) is 4.21. The highest BCUT2D eigenvalue weighted by atomic mass is 35.5. The van der Waals surface area contributed by atoms with E-state index in [1.165, 1.54) is 4.90 Å². The van der Waals surface area contributed by atoms with Crippen molar-refractivity contribution in [2.75, 3.05) is 5.32 Å². The number of benzene rings is 2. The number of carbonyl (C=O) groups is 3. The highest BCUT2D eigenvalue weighted by Crippen LogP contribution is 2.32. The second kappa shape index (κ2) is 9.57. The average Bonchev–Trinajstić information content (AvgIpc) is 3.03. The lowest BCUT2D eigenvalue weighted by atomic mass is 9.94. The zero-order chi connectivity index (χ0) is 22.7. The molecule has 2 aliphatic rings. The molecule has 1 fully saturated rings. The molecular weight excluding hydrogens is 426 g/mol. The van der Waals surface area contributed by atoms with E-state index < -0.39 is 11.8 Å². The summed E-state index contributed by atoms with van der Waals surface area (Å²) in [6.07, 6.45) is 4.75. The summed E-state index contributed by atoms with van der Waals surface area (Å²) in [6, 6.07) is 14.7. The van der Waals surface area contributed by atoms with Gasteiger partial charge < -0.3 is 10.6 Å². The normalized spacial score (nSPS) is 17.1. The van der Waals surface area contributed by atoms with Crippen LogP contribution in [0.5, 0.6) is 0 Å². The summed E-state index contributed by atoms with van der Waals surface area (Å²) in [4.78, 5) is 39.7. The van der Waals surface area contributed by atoms with Crippen LogP contribution in [0.25, 0.3) is 0 Å². The van der Waals surface area contributed by atoms with Gasteiger partial charge in [-0.25, -0.2) is 0 Å². The van der Waals surface area contributed by atoms with Gasteiger partial charge in [-0.1, -0.05) is 67.3 Å². The summed E-state index contributed by atoms with van der Waals surface area (Å²) in [6.45, 7) is 2.28. The zero-order valence-electron chi connectivity index (χ0n) is 18.0. The van der Waals surface area contributed by atoms with Gasteiger partial charge in [-0.3, -0.25) is 19.3 Å². The van der Waals surface area contributed by atoms with E-state index in [1.54, 1.807) is 18.2 Å². The van der Waals surface area contributed by atoms with Crippen LogP contribution in [-0.4, -0.2) is 28.7 Å². The molecule has 6 nitrogen and oxygen atoms in total. The summed E-state index contributed by atoms with van der Waals surface area (Å²) in [5.74, 6) is -1.07. The van der Waals surface area contributed by atoms with Gasteiger partial charge in [0.1, 0.15) is 10.7 Å². The lowest BCUT2D eigenvalue weighted by Gasteiger charge is -2.29. The first-order valence-electron chi connectivity index (χ1n) is 10.9. The molecule has 1 heterocycles. The predicted octanol–water partition coefficient (Wildman–Crippen LogP) is 4.49. The lowest BCUT2D eigenvalue weighted by molar-refractivity contribution is -0.140. The molecule has 2 aromatic rings. The van der Waals surface area contributed by atoms with Gasteiger partial charge in [0.15, 0.2) is 0 Å². The zero-order valence-corrected chi connectivity index (χ0v) is 18.7. The largest absolute Gasteiger partial charge is 0.349 e. The number of anilines is 1. The van der Waals surface area contributed by atoms with Crippen LogP contribution in [0.3, 0.4) is 0 Å². The van der Waals surface area contributed by atoms with E-state index in [0.29, 0.717) is 17.8 Å². The summed E-state index contributed by atoms with van der Waals surface area (Å²) in [5, 5.41) is 5.83. The third-order valence-electron chi connectivity index (χ3n) is 6.05.